The van der Waals surface area contributed by atoms with E-state index in [0.29, 0.717) is 0 Å². The Bertz CT molecular complexity index is 3110. The molecule has 3 heterocycles. The highest BCUT2D eigenvalue weighted by atomic mass is 19.1. The zero-order valence-electron chi connectivity index (χ0n) is 36.0. The molecule has 1 atom stereocenters. The van der Waals surface area contributed by atoms with Crippen LogP contribution < -0.4 is 4.90 Å². The number of rotatable bonds is 7. The summed E-state index contributed by atoms with van der Waals surface area (Å²) < 4.78 is 14.6. The highest BCUT2D eigenvalue weighted by molar-refractivity contribution is 6.00. The molecule has 3 aliphatic rings. The molecule has 9 aromatic rings. The number of nitrogens with zero attached hydrogens (tertiary/aromatic N) is 3. The van der Waals surface area contributed by atoms with Crippen molar-refractivity contribution in [3.63, 3.8) is 0 Å². The summed E-state index contributed by atoms with van der Waals surface area (Å²) in [5, 5.41) is 9.99. The number of anilines is 1. The van der Waals surface area contributed by atoms with Crippen molar-refractivity contribution in [2.45, 2.75) is 44.1 Å². The number of hydrogen-bond donors (Lipinski definition) is 0. The Balaban J connectivity index is 1.30. The van der Waals surface area contributed by atoms with Crippen molar-refractivity contribution < 1.29 is 4.39 Å². The summed E-state index contributed by atoms with van der Waals surface area (Å²) in [6.07, 6.45) is 2.42. The molecule has 3 nitrogen and oxygen atoms in total. The molecule has 8 aromatic carbocycles. The average molecular weight is 828 g/mol. The quantitative estimate of drug-likeness (QED) is 0.160. The summed E-state index contributed by atoms with van der Waals surface area (Å²) in [6, 6.07) is 70.0. The molecule has 0 saturated carbocycles. The number of hydrogen-bond acceptors (Lipinski definition) is 3. The van der Waals surface area contributed by atoms with E-state index in [-0.39, 0.29) is 5.82 Å². The van der Waals surface area contributed by atoms with Crippen LogP contribution in [0.2, 0.25) is 0 Å². The minimum absolute atomic E-state index is 0.219. The fourth-order valence-corrected chi connectivity index (χ4v) is 12.0. The second-order valence-corrected chi connectivity index (χ2v) is 17.7. The first-order valence-corrected chi connectivity index (χ1v) is 22.5. The van der Waals surface area contributed by atoms with Crippen LogP contribution in [0.25, 0.3) is 55.6 Å². The van der Waals surface area contributed by atoms with Gasteiger partial charge in [-0.15, -0.1) is 0 Å². The van der Waals surface area contributed by atoms with E-state index in [4.69, 9.17) is 10.2 Å². The Labute approximate surface area is 374 Å². The predicted octanol–water partition coefficient (Wildman–Crippen LogP) is 14.1. The van der Waals surface area contributed by atoms with Gasteiger partial charge in [0.1, 0.15) is 5.82 Å². The molecule has 4 heteroatoms. The van der Waals surface area contributed by atoms with E-state index in [0.717, 1.165) is 42.8 Å². The van der Waals surface area contributed by atoms with Crippen LogP contribution in [0.5, 0.6) is 0 Å². The van der Waals surface area contributed by atoms with E-state index in [2.05, 4.69) is 189 Å². The molecule has 2 aliphatic heterocycles. The Hall–Kier alpha value is -7.43. The van der Waals surface area contributed by atoms with Crippen molar-refractivity contribution in [2.75, 3.05) is 11.4 Å². The van der Waals surface area contributed by atoms with Gasteiger partial charge in [0.25, 0.3) is 0 Å². The Morgan fingerprint density at radius 2 is 0.938 bits per heavy atom. The molecule has 0 N–H and O–H groups in total. The summed E-state index contributed by atoms with van der Waals surface area (Å²) in [5.41, 5.74) is 21.2. The van der Waals surface area contributed by atoms with Crippen LogP contribution in [0.15, 0.2) is 194 Å². The van der Waals surface area contributed by atoms with Gasteiger partial charge in [-0.1, -0.05) is 158 Å². The van der Waals surface area contributed by atoms with Gasteiger partial charge in [0.15, 0.2) is 0 Å². The fourth-order valence-electron chi connectivity index (χ4n) is 12.0. The van der Waals surface area contributed by atoms with Crippen molar-refractivity contribution >= 4 is 5.69 Å². The van der Waals surface area contributed by atoms with Crippen molar-refractivity contribution in [1.29, 1.82) is 0 Å². The van der Waals surface area contributed by atoms with Gasteiger partial charge >= 0.3 is 0 Å². The highest BCUT2D eigenvalue weighted by Crippen LogP contribution is 2.72. The van der Waals surface area contributed by atoms with Crippen LogP contribution in [-0.4, -0.2) is 16.7 Å². The summed E-state index contributed by atoms with van der Waals surface area (Å²) in [4.78, 5) is 2.74. The Morgan fingerprint density at radius 3 is 1.45 bits per heavy atom. The molecule has 308 valence electrons. The lowest BCUT2D eigenvalue weighted by Gasteiger charge is -2.54. The standard InChI is InChI=1S/C60H46FN3/c1-39-57-58(40(2)63-62-39)64-34-32-46-25-15-16-26-54(46)59(64,33-31-41-27-29-47(61)30-28-41)60(57)55-37-50(44-21-11-5-12-22-44)48(42-17-7-3-8-18-42)35-52(55)53-36-49(43-19-9-4-10-20-43)51(38-56(53)60)45-23-13-6-14-24-45/h3-30,35-38H,31-34H2,1-2H3. The van der Waals surface area contributed by atoms with Crippen LogP contribution >= 0.6 is 0 Å². The SMILES string of the molecule is Cc1nnc(C)c2c1N1CCc3ccccc3C1(CCc1ccc(F)cc1)C21c2cc(-c3ccccc3)c(-c3ccccc3)cc2-c2cc(-c3ccccc3)c(-c3ccccc3)cc21. The van der Waals surface area contributed by atoms with Crippen LogP contribution in [0.3, 0.4) is 0 Å². The average Bonchev–Trinajstić information content (AvgIpc) is 3.80. The number of aromatic nitrogens is 2. The van der Waals surface area contributed by atoms with Crippen LogP contribution in [0.4, 0.5) is 10.1 Å². The van der Waals surface area contributed by atoms with Crippen LogP contribution in [0, 0.1) is 19.7 Å². The molecule has 1 aromatic heterocycles. The third-order valence-corrected chi connectivity index (χ3v) is 14.5. The number of halogens is 1. The first-order chi connectivity index (χ1) is 31.5. The lowest BCUT2D eigenvalue weighted by Crippen LogP contribution is -2.59. The third-order valence-electron chi connectivity index (χ3n) is 14.5. The lowest BCUT2D eigenvalue weighted by molar-refractivity contribution is 0.276. The second kappa shape index (κ2) is 14.8. The largest absolute Gasteiger partial charge is 0.358 e. The minimum Gasteiger partial charge on any atom is -0.358 e. The van der Waals surface area contributed by atoms with E-state index in [1.807, 2.05) is 12.1 Å². The van der Waals surface area contributed by atoms with E-state index >= 15 is 0 Å². The molecule has 1 unspecified atom stereocenters. The Kier molecular flexibility index (Phi) is 8.88. The molecule has 0 bridgehead atoms. The summed E-state index contributed by atoms with van der Waals surface area (Å²) >= 11 is 0. The maximum atomic E-state index is 14.6. The molecular formula is C60H46FN3. The maximum absolute atomic E-state index is 14.6. The lowest BCUT2D eigenvalue weighted by atomic mass is 9.55. The number of benzene rings is 8. The molecule has 1 spiro atoms. The zero-order chi connectivity index (χ0) is 43.0. The van der Waals surface area contributed by atoms with E-state index in [1.165, 1.54) is 89.1 Å². The van der Waals surface area contributed by atoms with Crippen LogP contribution in [-0.2, 0) is 23.8 Å². The van der Waals surface area contributed by atoms with Gasteiger partial charge in [-0.2, -0.15) is 10.2 Å². The highest BCUT2D eigenvalue weighted by Gasteiger charge is 2.69. The molecule has 0 saturated heterocycles. The summed E-state index contributed by atoms with van der Waals surface area (Å²) in [5.74, 6) is -0.219. The first-order valence-electron chi connectivity index (χ1n) is 22.5. The second-order valence-electron chi connectivity index (χ2n) is 17.7. The van der Waals surface area contributed by atoms with Gasteiger partial charge in [-0.3, -0.25) is 0 Å². The molecule has 0 radical (unpaired) electrons. The van der Waals surface area contributed by atoms with Crippen LogP contribution in [0.1, 0.15) is 51.2 Å². The van der Waals surface area contributed by atoms with E-state index < -0.39 is 11.0 Å². The van der Waals surface area contributed by atoms with Gasteiger partial charge in [-0.25, -0.2) is 4.39 Å². The molecular weight excluding hydrogens is 782 g/mol. The molecule has 0 fully saturated rings. The van der Waals surface area contributed by atoms with Gasteiger partial charge in [-0.05, 0) is 153 Å². The van der Waals surface area contributed by atoms with E-state index in [9.17, 15) is 4.39 Å². The smallest absolute Gasteiger partial charge is 0.123 e. The predicted molar refractivity (Wildman–Crippen MR) is 259 cm³/mol. The van der Waals surface area contributed by atoms with Crippen molar-refractivity contribution in [3.05, 3.63) is 245 Å². The normalized spacial score (nSPS) is 16.2. The van der Waals surface area contributed by atoms with Gasteiger partial charge in [0, 0.05) is 12.1 Å². The summed E-state index contributed by atoms with van der Waals surface area (Å²) in [7, 11) is 0. The minimum atomic E-state index is -0.758. The zero-order valence-corrected chi connectivity index (χ0v) is 36.0. The summed E-state index contributed by atoms with van der Waals surface area (Å²) in [6.45, 7) is 5.15. The molecule has 0 amide bonds. The van der Waals surface area contributed by atoms with Crippen molar-refractivity contribution in [3.8, 4) is 55.6 Å². The van der Waals surface area contributed by atoms with Crippen molar-refractivity contribution in [1.82, 2.24) is 10.2 Å². The van der Waals surface area contributed by atoms with Gasteiger partial charge in [0.05, 0.1) is 28.0 Å². The van der Waals surface area contributed by atoms with E-state index in [1.54, 1.807) is 12.1 Å². The molecule has 12 rings (SSSR count). The maximum Gasteiger partial charge on any atom is 0.123 e. The monoisotopic (exact) mass is 827 g/mol. The van der Waals surface area contributed by atoms with Crippen molar-refractivity contribution in [2.24, 2.45) is 0 Å². The van der Waals surface area contributed by atoms with Gasteiger partial charge in [0.2, 0.25) is 0 Å². The topological polar surface area (TPSA) is 29.0 Å². The Morgan fingerprint density at radius 1 is 0.484 bits per heavy atom. The van der Waals surface area contributed by atoms with Gasteiger partial charge < -0.3 is 4.90 Å². The first kappa shape index (κ1) is 38.3. The molecule has 64 heavy (non-hydrogen) atoms. The fraction of sp³-hybridized carbons (Fsp3) is 0.133. The number of aryl methyl sites for hydroxylation is 3. The molecule has 1 aliphatic carbocycles. The number of fused-ring (bicyclic) bond motifs is 12. The third kappa shape index (κ3) is 5.51.